The standard InChI is InChI=1S/C14H26N2O3/c1-18-12-8-16(9-13(12)19-2)14(17)7-10-3-5-11(15)6-4-10/h10-13H,3-9,15H2,1-2H3. The van der Waals surface area contributed by atoms with Crippen molar-refractivity contribution in [2.75, 3.05) is 27.3 Å². The minimum absolute atomic E-state index is 0.00808. The minimum atomic E-state index is 0.00808. The van der Waals surface area contributed by atoms with Crippen LogP contribution in [-0.2, 0) is 14.3 Å². The van der Waals surface area contributed by atoms with E-state index < -0.39 is 0 Å². The fraction of sp³-hybridized carbons (Fsp3) is 0.929. The van der Waals surface area contributed by atoms with Crippen molar-refractivity contribution < 1.29 is 14.3 Å². The molecule has 1 heterocycles. The molecule has 1 aliphatic heterocycles. The number of hydrogen-bond acceptors (Lipinski definition) is 4. The molecule has 2 aliphatic rings. The van der Waals surface area contributed by atoms with Crippen molar-refractivity contribution in [3.8, 4) is 0 Å². The van der Waals surface area contributed by atoms with E-state index in [1.165, 1.54) is 0 Å². The summed E-state index contributed by atoms with van der Waals surface area (Å²) in [6.07, 6.45) is 4.95. The summed E-state index contributed by atoms with van der Waals surface area (Å²) in [4.78, 5) is 14.2. The van der Waals surface area contributed by atoms with Gasteiger partial charge in [0.15, 0.2) is 0 Å². The molecule has 1 amide bonds. The van der Waals surface area contributed by atoms with Gasteiger partial charge in [-0.3, -0.25) is 4.79 Å². The summed E-state index contributed by atoms with van der Waals surface area (Å²) >= 11 is 0. The van der Waals surface area contributed by atoms with E-state index in [1.54, 1.807) is 14.2 Å². The first-order valence-corrected chi connectivity index (χ1v) is 7.23. The van der Waals surface area contributed by atoms with Crippen LogP contribution in [0, 0.1) is 5.92 Å². The highest BCUT2D eigenvalue weighted by atomic mass is 16.5. The van der Waals surface area contributed by atoms with Crippen LogP contribution in [0.1, 0.15) is 32.1 Å². The van der Waals surface area contributed by atoms with Gasteiger partial charge in [-0.05, 0) is 31.6 Å². The third kappa shape index (κ3) is 3.68. The van der Waals surface area contributed by atoms with Crippen LogP contribution in [0.5, 0.6) is 0 Å². The quantitative estimate of drug-likeness (QED) is 0.819. The Morgan fingerprint density at radius 3 is 2.11 bits per heavy atom. The molecule has 1 saturated heterocycles. The number of carbonyl (C=O) groups is 1. The van der Waals surface area contributed by atoms with Gasteiger partial charge in [-0.1, -0.05) is 0 Å². The number of methoxy groups -OCH3 is 2. The first kappa shape index (κ1) is 14.8. The molecule has 0 aromatic heterocycles. The lowest BCUT2D eigenvalue weighted by atomic mass is 9.84. The van der Waals surface area contributed by atoms with Crippen LogP contribution in [0.3, 0.4) is 0 Å². The van der Waals surface area contributed by atoms with E-state index in [2.05, 4.69) is 0 Å². The summed E-state index contributed by atoms with van der Waals surface area (Å²) in [5, 5.41) is 0. The molecule has 1 aliphatic carbocycles. The van der Waals surface area contributed by atoms with Crippen LogP contribution in [-0.4, -0.2) is 56.4 Å². The van der Waals surface area contributed by atoms with Crippen molar-refractivity contribution in [1.82, 2.24) is 4.90 Å². The lowest BCUT2D eigenvalue weighted by Crippen LogP contribution is -2.33. The molecule has 0 spiro atoms. The molecule has 2 fully saturated rings. The Labute approximate surface area is 115 Å². The SMILES string of the molecule is COC1CN(C(=O)CC2CCC(N)CC2)CC1OC. The highest BCUT2D eigenvalue weighted by molar-refractivity contribution is 5.77. The lowest BCUT2D eigenvalue weighted by molar-refractivity contribution is -0.132. The molecule has 0 aromatic rings. The molecule has 2 rings (SSSR count). The smallest absolute Gasteiger partial charge is 0.223 e. The summed E-state index contributed by atoms with van der Waals surface area (Å²) in [5.74, 6) is 0.747. The Kier molecular flexibility index (Phi) is 5.19. The van der Waals surface area contributed by atoms with Crippen LogP contribution in [0.15, 0.2) is 0 Å². The van der Waals surface area contributed by atoms with E-state index in [9.17, 15) is 4.79 Å². The normalized spacial score (nSPS) is 35.6. The average molecular weight is 270 g/mol. The van der Waals surface area contributed by atoms with E-state index >= 15 is 0 Å². The Morgan fingerprint density at radius 2 is 1.63 bits per heavy atom. The Morgan fingerprint density at radius 1 is 1.11 bits per heavy atom. The van der Waals surface area contributed by atoms with Gasteiger partial charge in [0.2, 0.25) is 5.91 Å². The van der Waals surface area contributed by atoms with E-state index in [0.29, 0.717) is 31.5 Å². The fourth-order valence-corrected chi connectivity index (χ4v) is 3.17. The van der Waals surface area contributed by atoms with Crippen molar-refractivity contribution in [3.63, 3.8) is 0 Å². The van der Waals surface area contributed by atoms with Crippen LogP contribution >= 0.6 is 0 Å². The van der Waals surface area contributed by atoms with Crippen molar-refractivity contribution in [3.05, 3.63) is 0 Å². The molecule has 2 N–H and O–H groups in total. The van der Waals surface area contributed by atoms with Crippen molar-refractivity contribution in [2.45, 2.75) is 50.4 Å². The number of ether oxygens (including phenoxy) is 2. The molecular formula is C14H26N2O3. The fourth-order valence-electron chi connectivity index (χ4n) is 3.17. The first-order valence-electron chi connectivity index (χ1n) is 7.23. The number of nitrogens with zero attached hydrogens (tertiary/aromatic N) is 1. The number of nitrogens with two attached hydrogens (primary N) is 1. The largest absolute Gasteiger partial charge is 0.377 e. The highest BCUT2D eigenvalue weighted by Crippen LogP contribution is 2.27. The molecule has 110 valence electrons. The predicted molar refractivity (Wildman–Crippen MR) is 72.7 cm³/mol. The Bertz CT molecular complexity index is 291. The molecule has 2 atom stereocenters. The molecule has 2 unspecified atom stereocenters. The first-order chi connectivity index (χ1) is 9.13. The molecule has 5 heteroatoms. The Balaban J connectivity index is 1.80. The van der Waals surface area contributed by atoms with Crippen LogP contribution in [0.25, 0.3) is 0 Å². The highest BCUT2D eigenvalue weighted by Gasteiger charge is 2.36. The van der Waals surface area contributed by atoms with Crippen LogP contribution in [0.4, 0.5) is 0 Å². The summed E-state index contributed by atoms with van der Waals surface area (Å²) in [6.45, 7) is 1.31. The summed E-state index contributed by atoms with van der Waals surface area (Å²) in [5.41, 5.74) is 5.89. The van der Waals surface area contributed by atoms with Crippen LogP contribution in [0.2, 0.25) is 0 Å². The van der Waals surface area contributed by atoms with Crippen molar-refractivity contribution >= 4 is 5.91 Å². The average Bonchev–Trinajstić information content (AvgIpc) is 2.84. The lowest BCUT2D eigenvalue weighted by Gasteiger charge is -2.27. The zero-order chi connectivity index (χ0) is 13.8. The number of rotatable bonds is 4. The summed E-state index contributed by atoms with van der Waals surface area (Å²) in [7, 11) is 3.35. The van der Waals surface area contributed by atoms with Gasteiger partial charge >= 0.3 is 0 Å². The number of hydrogen-bond donors (Lipinski definition) is 1. The maximum atomic E-state index is 12.3. The van der Waals surface area contributed by atoms with Gasteiger partial charge in [0.05, 0.1) is 0 Å². The zero-order valence-corrected chi connectivity index (χ0v) is 12.0. The second-order valence-electron chi connectivity index (χ2n) is 5.83. The third-order valence-electron chi connectivity index (χ3n) is 4.53. The zero-order valence-electron chi connectivity index (χ0n) is 12.0. The molecule has 0 bridgehead atoms. The van der Waals surface area contributed by atoms with E-state index in [4.69, 9.17) is 15.2 Å². The molecule has 19 heavy (non-hydrogen) atoms. The van der Waals surface area contributed by atoms with Gasteiger partial charge in [0.1, 0.15) is 12.2 Å². The predicted octanol–water partition coefficient (Wildman–Crippen LogP) is 0.766. The van der Waals surface area contributed by atoms with Crippen LogP contribution < -0.4 is 5.73 Å². The second-order valence-corrected chi connectivity index (χ2v) is 5.83. The summed E-state index contributed by atoms with van der Waals surface area (Å²) < 4.78 is 10.7. The van der Waals surface area contributed by atoms with E-state index in [-0.39, 0.29) is 18.1 Å². The number of likely N-dealkylation sites (tertiary alicyclic amines) is 1. The second kappa shape index (κ2) is 6.68. The van der Waals surface area contributed by atoms with Gasteiger partial charge in [-0.15, -0.1) is 0 Å². The van der Waals surface area contributed by atoms with Crippen molar-refractivity contribution in [1.29, 1.82) is 0 Å². The van der Waals surface area contributed by atoms with Gasteiger partial charge in [-0.25, -0.2) is 0 Å². The van der Waals surface area contributed by atoms with Gasteiger partial charge in [0, 0.05) is 39.8 Å². The summed E-state index contributed by atoms with van der Waals surface area (Å²) in [6, 6.07) is 0.342. The van der Waals surface area contributed by atoms with Gasteiger partial charge in [0.25, 0.3) is 0 Å². The maximum absolute atomic E-state index is 12.3. The monoisotopic (exact) mass is 270 g/mol. The molecule has 1 saturated carbocycles. The van der Waals surface area contributed by atoms with E-state index in [1.807, 2.05) is 4.90 Å². The topological polar surface area (TPSA) is 64.8 Å². The Hall–Kier alpha value is -0.650. The molecular weight excluding hydrogens is 244 g/mol. The van der Waals surface area contributed by atoms with Gasteiger partial charge in [-0.2, -0.15) is 0 Å². The molecule has 0 aromatic carbocycles. The molecule has 5 nitrogen and oxygen atoms in total. The minimum Gasteiger partial charge on any atom is -0.377 e. The van der Waals surface area contributed by atoms with Crippen molar-refractivity contribution in [2.24, 2.45) is 11.7 Å². The number of carbonyl (C=O) groups excluding carboxylic acids is 1. The van der Waals surface area contributed by atoms with E-state index in [0.717, 1.165) is 25.7 Å². The molecule has 0 radical (unpaired) electrons. The third-order valence-corrected chi connectivity index (χ3v) is 4.53. The maximum Gasteiger partial charge on any atom is 0.223 e. The van der Waals surface area contributed by atoms with Gasteiger partial charge < -0.3 is 20.1 Å². The number of amides is 1.